The Hall–Kier alpha value is -16.3. The summed E-state index contributed by atoms with van der Waals surface area (Å²) in [6, 6.07) is 115. The van der Waals surface area contributed by atoms with Crippen molar-refractivity contribution in [1.82, 2.24) is 83.7 Å². The van der Waals surface area contributed by atoms with Gasteiger partial charge in [-0.05, 0) is 268 Å². The van der Waals surface area contributed by atoms with Crippen LogP contribution in [0.2, 0.25) is 0 Å². The van der Waals surface area contributed by atoms with Crippen molar-refractivity contribution in [2.45, 2.75) is 114 Å². The average molecular weight is 1800 g/mol. The van der Waals surface area contributed by atoms with Gasteiger partial charge in [0.1, 0.15) is 0 Å². The first-order valence-electron chi connectivity index (χ1n) is 47.3. The summed E-state index contributed by atoms with van der Waals surface area (Å²) in [5.41, 5.74) is 37.1. The number of para-hydroxylation sites is 18. The number of aryl methyl sites for hydroxylation is 6. The lowest BCUT2D eigenvalue weighted by molar-refractivity contribution is -0.213. The number of fused-ring (bicyclic) bond motifs is 30. The fourth-order valence-corrected chi connectivity index (χ4v) is 21.1. The molecule has 0 N–H and O–H groups in total. The minimum atomic E-state index is -4.28. The molecule has 0 atom stereocenters. The molecular formula is C116H97F3N18. The van der Waals surface area contributed by atoms with E-state index in [0.29, 0.717) is 11.7 Å². The Morgan fingerprint density at radius 3 is 0.679 bits per heavy atom. The molecular weight excluding hydrogens is 1700 g/mol. The van der Waals surface area contributed by atoms with E-state index in [9.17, 15) is 13.2 Å². The smallest absolute Gasteiger partial charge is 0.278 e. The van der Waals surface area contributed by atoms with Gasteiger partial charge in [0.25, 0.3) is 0 Å². The first-order valence-corrected chi connectivity index (χ1v) is 47.3. The van der Waals surface area contributed by atoms with E-state index in [1.54, 1.807) is 0 Å². The first-order chi connectivity index (χ1) is 66.6. The van der Waals surface area contributed by atoms with Gasteiger partial charge in [-0.15, -0.1) is 0 Å². The Balaban J connectivity index is 0.000000109. The van der Waals surface area contributed by atoms with Crippen molar-refractivity contribution < 1.29 is 13.2 Å². The minimum Gasteiger partial charge on any atom is -0.278 e. The summed E-state index contributed by atoms with van der Waals surface area (Å²) in [6.45, 7) is 20.4. The van der Waals surface area contributed by atoms with Crippen molar-refractivity contribution in [3.05, 3.63) is 361 Å². The Bertz CT molecular complexity index is 9610. The maximum atomic E-state index is 13.7. The summed E-state index contributed by atoms with van der Waals surface area (Å²) >= 11 is 0. The molecule has 0 aliphatic rings. The van der Waals surface area contributed by atoms with E-state index in [2.05, 4.69) is 388 Å². The number of rotatable bonds is 14. The van der Waals surface area contributed by atoms with Crippen molar-refractivity contribution in [2.24, 2.45) is 16.7 Å². The molecule has 137 heavy (non-hydrogen) atoms. The van der Waals surface area contributed by atoms with Gasteiger partial charge in [-0.25, -0.2) is 29.9 Å². The van der Waals surface area contributed by atoms with Gasteiger partial charge < -0.3 is 0 Å². The zero-order valence-electron chi connectivity index (χ0n) is 77.7. The molecule has 15 aromatic carbocycles. The summed E-state index contributed by atoms with van der Waals surface area (Å²) in [5, 5.41) is 0. The van der Waals surface area contributed by atoms with Crippen LogP contribution in [0.15, 0.2) is 328 Å². The SMILES string of the molecule is Cc1cccc2c1nc1n(-c3cccc(-n4c5ccccc5n5c6cccc(CCC(C)(C)C(F)(F)F)c6nc45)c3)c3ccccc3n21.Cc1cccc2c1nc1n(-c3cccc(-n4c5ccccc5n5c6cccc(CCC(C)(C)C)c6nc45)c3)c3ccccc3n21.Cc1cccc2c1nc1n(-c3cccc(-n4c5ccccc5n5c6cccc(CCC(C)C)c6nc45)c3)c3ccccc3n21. The van der Waals surface area contributed by atoms with Crippen LogP contribution in [0, 0.1) is 37.5 Å². The summed E-state index contributed by atoms with van der Waals surface area (Å²) in [5.74, 6) is 5.86. The molecule has 12 heterocycles. The Labute approximate surface area is 784 Å². The fraction of sp³-hybridized carbons (Fsp3) is 0.172. The summed E-state index contributed by atoms with van der Waals surface area (Å²) in [7, 11) is 0. The van der Waals surface area contributed by atoms with Crippen LogP contribution in [0.4, 0.5) is 13.2 Å². The zero-order chi connectivity index (χ0) is 92.9. The van der Waals surface area contributed by atoms with E-state index in [4.69, 9.17) is 29.9 Å². The summed E-state index contributed by atoms with van der Waals surface area (Å²) in [6.07, 6.45) is 0.244. The van der Waals surface area contributed by atoms with Crippen LogP contribution in [-0.2, 0) is 19.3 Å². The molecule has 18 nitrogen and oxygen atoms in total. The van der Waals surface area contributed by atoms with E-state index in [0.717, 1.165) is 232 Å². The molecule has 0 amide bonds. The molecule has 0 bridgehead atoms. The van der Waals surface area contributed by atoms with Gasteiger partial charge in [-0.2, -0.15) is 13.2 Å². The first kappa shape index (κ1) is 82.6. The topological polar surface area (TPSA) is 133 Å². The van der Waals surface area contributed by atoms with Gasteiger partial charge in [-0.3, -0.25) is 53.8 Å². The van der Waals surface area contributed by atoms with E-state index in [1.165, 1.54) is 36.1 Å². The molecule has 672 valence electrons. The lowest BCUT2D eigenvalue weighted by Crippen LogP contribution is -2.32. The second kappa shape index (κ2) is 31.2. The standard InChI is InChI=1S/C39H31F3N6.C39H34N6.C38H32N6/c1-24-11-8-19-32-34(24)43-36-45(28-15-4-6-17-30(28)47(32)36)26-13-10-14-27(23-26)46-29-16-5-7-18-31(29)48-33-20-9-12-25(35(33)44-37(46)48)21-22-38(2,3)39(40,41)42;1-25-12-9-20-33-35(25)40-37-42(29-16-5-7-18-31(29)44(33)37)27-14-11-15-28(24-27)43-30-17-6-8-19-32(30)45-34-21-10-13-26(22-23-39(2,3)4)36(34)41-38(43)45;1-24(2)21-22-26-12-9-20-34-36(26)40-38-42(30-16-5-7-18-32(30)44(34)38)28-14-10-13-27(23-28)41-29-15-4-6-17-31(29)43-33-19-8-11-25(3)35(33)39-37(41)43/h4-20,23H,21-22H2,1-3H3;5-21,24H,22-23H2,1-4H3;4-20,23-24H,21-22H2,1-3H3. The molecule has 27 rings (SSSR count). The maximum absolute atomic E-state index is 13.7. The number of imidazole rings is 12. The molecule has 0 saturated heterocycles. The van der Waals surface area contributed by atoms with Gasteiger partial charge >= 0.3 is 6.18 Å². The summed E-state index contributed by atoms with van der Waals surface area (Å²) in [4.78, 5) is 31.4. The largest absolute Gasteiger partial charge is 0.393 e. The average Bonchev–Trinajstić information content (AvgIpc) is 1.57. The van der Waals surface area contributed by atoms with Crippen LogP contribution >= 0.6 is 0 Å². The van der Waals surface area contributed by atoms with Crippen LogP contribution in [0.25, 0.3) is 201 Å². The van der Waals surface area contributed by atoms with Crippen LogP contribution in [0.5, 0.6) is 0 Å². The summed E-state index contributed by atoms with van der Waals surface area (Å²) < 4.78 is 68.3. The Kier molecular flexibility index (Phi) is 18.8. The molecule has 0 radical (unpaired) electrons. The number of nitrogens with zero attached hydrogens (tertiary/aromatic N) is 18. The number of alkyl halides is 3. The van der Waals surface area contributed by atoms with Crippen molar-refractivity contribution in [3.8, 4) is 34.1 Å². The highest BCUT2D eigenvalue weighted by Gasteiger charge is 2.47. The third kappa shape index (κ3) is 13.0. The van der Waals surface area contributed by atoms with Crippen molar-refractivity contribution in [3.63, 3.8) is 0 Å². The van der Waals surface area contributed by atoms with Gasteiger partial charge in [-0.1, -0.05) is 212 Å². The van der Waals surface area contributed by atoms with Crippen molar-refractivity contribution in [2.75, 3.05) is 0 Å². The third-order valence-corrected chi connectivity index (χ3v) is 28.2. The monoisotopic (exact) mass is 1800 g/mol. The predicted octanol–water partition coefficient (Wildman–Crippen LogP) is 28.5. The van der Waals surface area contributed by atoms with Crippen LogP contribution in [0.3, 0.4) is 0 Å². The number of hydrogen-bond donors (Lipinski definition) is 0. The molecule has 0 spiro atoms. The number of benzene rings is 15. The quantitative estimate of drug-likeness (QED) is 0.106. The number of halogens is 3. The molecule has 12 aromatic heterocycles. The van der Waals surface area contributed by atoms with E-state index >= 15 is 0 Å². The van der Waals surface area contributed by atoms with E-state index in [1.807, 2.05) is 48.5 Å². The molecule has 0 aliphatic carbocycles. The lowest BCUT2D eigenvalue weighted by Gasteiger charge is -2.27. The lowest BCUT2D eigenvalue weighted by atomic mass is 9.85. The van der Waals surface area contributed by atoms with E-state index in [-0.39, 0.29) is 18.3 Å². The molecule has 0 fully saturated rings. The van der Waals surface area contributed by atoms with Crippen LogP contribution in [-0.4, -0.2) is 89.9 Å². The van der Waals surface area contributed by atoms with Gasteiger partial charge in [0, 0.05) is 0 Å². The van der Waals surface area contributed by atoms with Crippen molar-refractivity contribution >= 4 is 167 Å². The van der Waals surface area contributed by atoms with Crippen molar-refractivity contribution in [1.29, 1.82) is 0 Å². The predicted molar refractivity (Wildman–Crippen MR) is 551 cm³/mol. The molecule has 0 saturated carbocycles. The van der Waals surface area contributed by atoms with E-state index < -0.39 is 11.6 Å². The van der Waals surface area contributed by atoms with Gasteiger partial charge in [0.2, 0.25) is 34.7 Å². The third-order valence-electron chi connectivity index (χ3n) is 28.2. The van der Waals surface area contributed by atoms with Crippen LogP contribution in [0.1, 0.15) is 101 Å². The maximum Gasteiger partial charge on any atom is 0.393 e. The second-order valence-electron chi connectivity index (χ2n) is 39.0. The molecule has 21 heteroatoms. The number of hydrogen-bond acceptors (Lipinski definition) is 6. The fourth-order valence-electron chi connectivity index (χ4n) is 21.1. The Morgan fingerprint density at radius 2 is 0.438 bits per heavy atom. The highest BCUT2D eigenvalue weighted by Crippen LogP contribution is 2.45. The Morgan fingerprint density at radius 1 is 0.234 bits per heavy atom. The number of aromatic nitrogens is 18. The van der Waals surface area contributed by atoms with Gasteiger partial charge in [0.15, 0.2) is 0 Å². The van der Waals surface area contributed by atoms with Crippen LogP contribution < -0.4 is 0 Å². The molecule has 27 aromatic rings. The zero-order valence-corrected chi connectivity index (χ0v) is 77.7. The second-order valence-corrected chi connectivity index (χ2v) is 39.0. The highest BCUT2D eigenvalue weighted by molar-refractivity contribution is 6.01. The molecule has 0 aliphatic heterocycles. The van der Waals surface area contributed by atoms with Gasteiger partial charge in [0.05, 0.1) is 172 Å². The normalized spacial score (nSPS) is 12.7. The highest BCUT2D eigenvalue weighted by atomic mass is 19.4. The minimum absolute atomic E-state index is 0.0260. The molecule has 0 unspecified atom stereocenters.